The van der Waals surface area contributed by atoms with Crippen LogP contribution in [0.25, 0.3) is 0 Å². The lowest BCUT2D eigenvalue weighted by Crippen LogP contribution is -2.38. The molecule has 3 heterocycles. The molecule has 0 atom stereocenters. The SMILES string of the molecule is CCCc1nnsc1C(=O)N1CCC(c2nnc(C(C)C)o2)CC1. The molecule has 0 bridgehead atoms. The number of hydrogen-bond donors (Lipinski definition) is 0. The second kappa shape index (κ2) is 7.38. The summed E-state index contributed by atoms with van der Waals surface area (Å²) >= 11 is 1.20. The van der Waals surface area contributed by atoms with Crippen LogP contribution < -0.4 is 0 Å². The van der Waals surface area contributed by atoms with Crippen molar-refractivity contribution in [1.29, 1.82) is 0 Å². The van der Waals surface area contributed by atoms with Gasteiger partial charge < -0.3 is 9.32 Å². The van der Waals surface area contributed by atoms with Crippen molar-refractivity contribution in [2.45, 2.75) is 58.3 Å². The zero-order valence-corrected chi connectivity index (χ0v) is 15.2. The molecule has 0 unspecified atom stereocenters. The van der Waals surface area contributed by atoms with Gasteiger partial charge >= 0.3 is 0 Å². The first-order valence-corrected chi connectivity index (χ1v) is 9.31. The topological polar surface area (TPSA) is 85.0 Å². The average Bonchev–Trinajstić information content (AvgIpc) is 3.24. The maximum Gasteiger partial charge on any atom is 0.267 e. The molecule has 1 fully saturated rings. The molecule has 8 heteroatoms. The lowest BCUT2D eigenvalue weighted by Gasteiger charge is -2.30. The standard InChI is InChI=1S/C16H23N5O2S/c1-4-5-12-13(24-20-17-12)16(22)21-8-6-11(7-9-21)15-19-18-14(23-15)10(2)3/h10-11H,4-9H2,1-3H3. The van der Waals surface area contributed by atoms with Crippen molar-refractivity contribution in [2.75, 3.05) is 13.1 Å². The summed E-state index contributed by atoms with van der Waals surface area (Å²) < 4.78 is 9.71. The molecule has 1 saturated heterocycles. The van der Waals surface area contributed by atoms with E-state index < -0.39 is 0 Å². The fourth-order valence-electron chi connectivity index (χ4n) is 2.89. The number of nitrogens with zero attached hydrogens (tertiary/aromatic N) is 5. The molecule has 0 aromatic carbocycles. The summed E-state index contributed by atoms with van der Waals surface area (Å²) in [5, 5.41) is 12.4. The van der Waals surface area contributed by atoms with Crippen LogP contribution in [0.2, 0.25) is 0 Å². The molecule has 7 nitrogen and oxygen atoms in total. The number of hydrogen-bond acceptors (Lipinski definition) is 7. The second-order valence-corrected chi connectivity index (χ2v) is 7.25. The molecular formula is C16H23N5O2S. The fraction of sp³-hybridized carbons (Fsp3) is 0.688. The molecule has 130 valence electrons. The Bertz CT molecular complexity index is 688. The van der Waals surface area contributed by atoms with E-state index in [0.717, 1.165) is 31.4 Å². The van der Waals surface area contributed by atoms with Crippen molar-refractivity contribution in [2.24, 2.45) is 0 Å². The lowest BCUT2D eigenvalue weighted by atomic mass is 9.96. The van der Waals surface area contributed by atoms with Crippen molar-refractivity contribution in [3.63, 3.8) is 0 Å². The van der Waals surface area contributed by atoms with Gasteiger partial charge in [0, 0.05) is 24.9 Å². The van der Waals surface area contributed by atoms with E-state index in [1.165, 1.54) is 11.5 Å². The van der Waals surface area contributed by atoms with Gasteiger partial charge in [-0.3, -0.25) is 4.79 Å². The van der Waals surface area contributed by atoms with E-state index in [9.17, 15) is 4.79 Å². The van der Waals surface area contributed by atoms with Gasteiger partial charge in [0.2, 0.25) is 11.8 Å². The molecule has 0 saturated carbocycles. The third kappa shape index (κ3) is 3.48. The smallest absolute Gasteiger partial charge is 0.267 e. The van der Waals surface area contributed by atoms with Gasteiger partial charge in [0.05, 0.1) is 5.69 Å². The molecule has 0 spiro atoms. The number of aromatic nitrogens is 4. The normalized spacial score (nSPS) is 16.1. The van der Waals surface area contributed by atoms with E-state index in [0.29, 0.717) is 29.7 Å². The number of rotatable bonds is 5. The van der Waals surface area contributed by atoms with Crippen molar-refractivity contribution in [3.8, 4) is 0 Å². The Morgan fingerprint density at radius 2 is 2.04 bits per heavy atom. The molecule has 3 rings (SSSR count). The van der Waals surface area contributed by atoms with Gasteiger partial charge in [-0.2, -0.15) is 0 Å². The van der Waals surface area contributed by atoms with Crippen molar-refractivity contribution >= 4 is 17.4 Å². The molecule has 0 aliphatic carbocycles. The fourth-order valence-corrected chi connectivity index (χ4v) is 3.57. The van der Waals surface area contributed by atoms with Gasteiger partial charge in [-0.05, 0) is 30.8 Å². The molecule has 2 aromatic rings. The monoisotopic (exact) mass is 349 g/mol. The maximum atomic E-state index is 12.7. The Morgan fingerprint density at radius 1 is 1.29 bits per heavy atom. The molecule has 0 radical (unpaired) electrons. The summed E-state index contributed by atoms with van der Waals surface area (Å²) in [6.45, 7) is 7.55. The number of carbonyl (C=O) groups is 1. The Labute approximate surface area is 145 Å². The molecule has 24 heavy (non-hydrogen) atoms. The van der Waals surface area contributed by atoms with Crippen molar-refractivity contribution in [1.82, 2.24) is 24.7 Å². The first-order chi connectivity index (χ1) is 11.6. The van der Waals surface area contributed by atoms with Crippen LogP contribution >= 0.6 is 11.5 Å². The first-order valence-electron chi connectivity index (χ1n) is 8.54. The predicted octanol–water partition coefficient (Wildman–Crippen LogP) is 3.02. The summed E-state index contributed by atoms with van der Waals surface area (Å²) in [4.78, 5) is 15.3. The lowest BCUT2D eigenvalue weighted by molar-refractivity contribution is 0.0709. The van der Waals surface area contributed by atoms with Crippen molar-refractivity contribution < 1.29 is 9.21 Å². The van der Waals surface area contributed by atoms with Gasteiger partial charge in [-0.15, -0.1) is 15.3 Å². The van der Waals surface area contributed by atoms with Gasteiger partial charge in [-0.1, -0.05) is 31.7 Å². The van der Waals surface area contributed by atoms with Gasteiger partial charge in [0.15, 0.2) is 0 Å². The minimum absolute atomic E-state index is 0.0558. The van der Waals surface area contributed by atoms with Crippen LogP contribution in [0, 0.1) is 0 Å². The maximum absolute atomic E-state index is 12.7. The van der Waals surface area contributed by atoms with Crippen LogP contribution in [-0.2, 0) is 6.42 Å². The minimum Gasteiger partial charge on any atom is -0.425 e. The second-order valence-electron chi connectivity index (χ2n) is 6.50. The summed E-state index contributed by atoms with van der Waals surface area (Å²) in [7, 11) is 0. The number of aryl methyl sites for hydroxylation is 1. The highest BCUT2D eigenvalue weighted by Gasteiger charge is 2.30. The Kier molecular flexibility index (Phi) is 5.23. The quantitative estimate of drug-likeness (QED) is 0.825. The van der Waals surface area contributed by atoms with Crippen LogP contribution in [0.3, 0.4) is 0 Å². The van der Waals surface area contributed by atoms with Gasteiger partial charge in [0.25, 0.3) is 5.91 Å². The van der Waals surface area contributed by atoms with Crippen LogP contribution in [0.1, 0.15) is 79.0 Å². The Hall–Kier alpha value is -1.83. The zero-order valence-electron chi connectivity index (χ0n) is 14.4. The van der Waals surface area contributed by atoms with E-state index in [1.54, 1.807) is 0 Å². The highest BCUT2D eigenvalue weighted by Crippen LogP contribution is 2.29. The highest BCUT2D eigenvalue weighted by atomic mass is 32.1. The van der Waals surface area contributed by atoms with Crippen LogP contribution in [0.4, 0.5) is 0 Å². The number of carbonyl (C=O) groups excluding carboxylic acids is 1. The van der Waals surface area contributed by atoms with Crippen LogP contribution in [0.5, 0.6) is 0 Å². The number of amides is 1. The minimum atomic E-state index is 0.0558. The summed E-state index contributed by atoms with van der Waals surface area (Å²) in [6.07, 6.45) is 3.46. The van der Waals surface area contributed by atoms with E-state index in [4.69, 9.17) is 4.42 Å². The summed E-state index contributed by atoms with van der Waals surface area (Å²) in [5.74, 6) is 1.92. The largest absolute Gasteiger partial charge is 0.425 e. The van der Waals surface area contributed by atoms with Crippen LogP contribution in [0.15, 0.2) is 4.42 Å². The average molecular weight is 349 g/mol. The summed E-state index contributed by atoms with van der Waals surface area (Å²) in [6, 6.07) is 0. The third-order valence-corrected chi connectivity index (χ3v) is 5.07. The Balaban J connectivity index is 1.62. The number of likely N-dealkylation sites (tertiary alicyclic amines) is 1. The van der Waals surface area contributed by atoms with E-state index >= 15 is 0 Å². The third-order valence-electron chi connectivity index (χ3n) is 4.32. The molecular weight excluding hydrogens is 326 g/mol. The highest BCUT2D eigenvalue weighted by molar-refractivity contribution is 7.08. The predicted molar refractivity (Wildman–Crippen MR) is 90.2 cm³/mol. The Morgan fingerprint density at radius 3 is 2.67 bits per heavy atom. The van der Waals surface area contributed by atoms with Gasteiger partial charge in [0.1, 0.15) is 4.88 Å². The van der Waals surface area contributed by atoms with Crippen LogP contribution in [-0.4, -0.2) is 43.7 Å². The molecule has 1 aliphatic rings. The summed E-state index contributed by atoms with van der Waals surface area (Å²) in [5.41, 5.74) is 0.827. The van der Waals surface area contributed by atoms with Gasteiger partial charge in [-0.25, -0.2) is 0 Å². The van der Waals surface area contributed by atoms with E-state index in [2.05, 4.69) is 26.7 Å². The molecule has 2 aromatic heterocycles. The molecule has 1 amide bonds. The van der Waals surface area contributed by atoms with E-state index in [1.807, 2.05) is 18.7 Å². The molecule has 1 aliphatic heterocycles. The molecule has 0 N–H and O–H groups in total. The first kappa shape index (κ1) is 17.0. The van der Waals surface area contributed by atoms with E-state index in [-0.39, 0.29) is 17.7 Å². The number of piperidine rings is 1. The zero-order chi connectivity index (χ0) is 17.1. The van der Waals surface area contributed by atoms with Crippen molar-refractivity contribution in [3.05, 3.63) is 22.4 Å².